The Morgan fingerprint density at radius 3 is 2.76 bits per heavy atom. The fourth-order valence-corrected chi connectivity index (χ4v) is 4.31. The molecule has 1 aliphatic carbocycles. The van der Waals surface area contributed by atoms with E-state index in [9.17, 15) is 0 Å². The van der Waals surface area contributed by atoms with Crippen molar-refractivity contribution in [1.82, 2.24) is 9.97 Å². The van der Waals surface area contributed by atoms with Crippen LogP contribution in [-0.4, -0.2) is 29.1 Å². The Morgan fingerprint density at radius 1 is 1.29 bits per heavy atom. The third-order valence-electron chi connectivity index (χ3n) is 4.59. The van der Waals surface area contributed by atoms with E-state index in [1.165, 1.54) is 41.5 Å². The minimum atomic E-state index is 0.620. The summed E-state index contributed by atoms with van der Waals surface area (Å²) in [5, 5.41) is 1.25. The molecule has 0 amide bonds. The van der Waals surface area contributed by atoms with Gasteiger partial charge < -0.3 is 10.6 Å². The van der Waals surface area contributed by atoms with E-state index in [-0.39, 0.29) is 0 Å². The summed E-state index contributed by atoms with van der Waals surface area (Å²) in [5.41, 5.74) is 7.08. The van der Waals surface area contributed by atoms with Crippen molar-refractivity contribution in [1.29, 1.82) is 0 Å². The number of thiophene rings is 1. The van der Waals surface area contributed by atoms with Gasteiger partial charge in [0, 0.05) is 17.5 Å². The van der Waals surface area contributed by atoms with Crippen molar-refractivity contribution < 1.29 is 0 Å². The molecule has 0 radical (unpaired) electrons. The SMILES string of the molecule is Cc1sc2ncnc(N(CCCN)C3CCCC3)c2c1C. The number of nitrogens with zero attached hydrogens (tertiary/aromatic N) is 3. The van der Waals surface area contributed by atoms with Crippen molar-refractivity contribution in [3.05, 3.63) is 16.8 Å². The van der Waals surface area contributed by atoms with Gasteiger partial charge in [0.25, 0.3) is 0 Å². The minimum absolute atomic E-state index is 0.620. The Morgan fingerprint density at radius 2 is 2.05 bits per heavy atom. The van der Waals surface area contributed by atoms with E-state index < -0.39 is 0 Å². The van der Waals surface area contributed by atoms with Crippen LogP contribution < -0.4 is 10.6 Å². The highest BCUT2D eigenvalue weighted by Gasteiger charge is 2.26. The van der Waals surface area contributed by atoms with E-state index >= 15 is 0 Å². The maximum atomic E-state index is 5.74. The molecule has 4 nitrogen and oxygen atoms in total. The van der Waals surface area contributed by atoms with Crippen LogP contribution in [0, 0.1) is 13.8 Å². The molecule has 0 aromatic carbocycles. The summed E-state index contributed by atoms with van der Waals surface area (Å²) in [6.07, 6.45) is 7.96. The van der Waals surface area contributed by atoms with E-state index in [1.54, 1.807) is 17.7 Å². The van der Waals surface area contributed by atoms with Crippen LogP contribution in [-0.2, 0) is 0 Å². The van der Waals surface area contributed by atoms with Gasteiger partial charge in [0.15, 0.2) is 0 Å². The predicted octanol–water partition coefficient (Wildman–Crippen LogP) is 3.41. The highest BCUT2D eigenvalue weighted by Crippen LogP contribution is 2.37. The number of rotatable bonds is 5. The van der Waals surface area contributed by atoms with Crippen LogP contribution >= 0.6 is 11.3 Å². The number of aryl methyl sites for hydroxylation is 2. The van der Waals surface area contributed by atoms with Gasteiger partial charge in [-0.3, -0.25) is 0 Å². The molecule has 0 aliphatic heterocycles. The summed E-state index contributed by atoms with van der Waals surface area (Å²) in [6.45, 7) is 6.10. The van der Waals surface area contributed by atoms with Crippen molar-refractivity contribution in [3.63, 3.8) is 0 Å². The van der Waals surface area contributed by atoms with Gasteiger partial charge in [0.1, 0.15) is 17.0 Å². The molecular weight excluding hydrogens is 280 g/mol. The first kappa shape index (κ1) is 14.7. The number of aromatic nitrogens is 2. The highest BCUT2D eigenvalue weighted by atomic mass is 32.1. The first-order valence-corrected chi connectivity index (χ1v) is 8.71. The third-order valence-corrected chi connectivity index (χ3v) is 5.70. The normalized spacial score (nSPS) is 16.0. The number of hydrogen-bond acceptors (Lipinski definition) is 5. The van der Waals surface area contributed by atoms with Crippen LogP contribution in [0.5, 0.6) is 0 Å². The molecule has 114 valence electrons. The molecule has 1 fully saturated rings. The number of fused-ring (bicyclic) bond motifs is 1. The van der Waals surface area contributed by atoms with Crippen LogP contribution in [0.2, 0.25) is 0 Å². The molecule has 0 unspecified atom stereocenters. The van der Waals surface area contributed by atoms with E-state index in [2.05, 4.69) is 28.7 Å². The summed E-state index contributed by atoms with van der Waals surface area (Å²) >= 11 is 1.77. The average molecular weight is 304 g/mol. The largest absolute Gasteiger partial charge is 0.353 e. The summed E-state index contributed by atoms with van der Waals surface area (Å²) in [5.74, 6) is 1.13. The minimum Gasteiger partial charge on any atom is -0.353 e. The quantitative estimate of drug-likeness (QED) is 0.919. The Bertz CT molecular complexity index is 616. The van der Waals surface area contributed by atoms with Crippen LogP contribution in [0.4, 0.5) is 5.82 Å². The van der Waals surface area contributed by atoms with Crippen molar-refractivity contribution in [2.24, 2.45) is 5.73 Å². The summed E-state index contributed by atoms with van der Waals surface area (Å²) in [4.78, 5) is 14.1. The number of hydrogen-bond donors (Lipinski definition) is 1. The Hall–Kier alpha value is -1.20. The Balaban J connectivity index is 2.05. The topological polar surface area (TPSA) is 55.0 Å². The zero-order valence-corrected chi connectivity index (χ0v) is 13.7. The first-order valence-electron chi connectivity index (χ1n) is 7.89. The van der Waals surface area contributed by atoms with Gasteiger partial charge >= 0.3 is 0 Å². The lowest BCUT2D eigenvalue weighted by atomic mass is 10.1. The average Bonchev–Trinajstić information content (AvgIpc) is 3.10. The van der Waals surface area contributed by atoms with Gasteiger partial charge in [0.2, 0.25) is 0 Å². The lowest BCUT2D eigenvalue weighted by molar-refractivity contribution is 0.588. The van der Waals surface area contributed by atoms with Gasteiger partial charge in [-0.15, -0.1) is 11.3 Å². The van der Waals surface area contributed by atoms with Gasteiger partial charge in [-0.05, 0) is 45.2 Å². The lowest BCUT2D eigenvalue weighted by Gasteiger charge is -2.30. The molecular formula is C16H24N4S. The van der Waals surface area contributed by atoms with Gasteiger partial charge in [-0.25, -0.2) is 9.97 Å². The van der Waals surface area contributed by atoms with Gasteiger partial charge in [-0.2, -0.15) is 0 Å². The highest BCUT2D eigenvalue weighted by molar-refractivity contribution is 7.18. The van der Waals surface area contributed by atoms with E-state index in [0.29, 0.717) is 6.04 Å². The molecule has 0 bridgehead atoms. The predicted molar refractivity (Wildman–Crippen MR) is 90.2 cm³/mol. The van der Waals surface area contributed by atoms with E-state index in [0.717, 1.165) is 30.2 Å². The molecule has 2 N–H and O–H groups in total. The second-order valence-corrected chi connectivity index (χ2v) is 7.14. The first-order chi connectivity index (χ1) is 10.2. The number of anilines is 1. The van der Waals surface area contributed by atoms with Crippen molar-refractivity contribution >= 4 is 27.4 Å². The fourth-order valence-electron chi connectivity index (χ4n) is 3.32. The van der Waals surface area contributed by atoms with Crippen molar-refractivity contribution in [3.8, 4) is 0 Å². The summed E-state index contributed by atoms with van der Waals surface area (Å²) in [7, 11) is 0. The van der Waals surface area contributed by atoms with Crippen LogP contribution in [0.25, 0.3) is 10.2 Å². The van der Waals surface area contributed by atoms with E-state index in [4.69, 9.17) is 5.73 Å². The molecule has 2 aromatic rings. The third kappa shape index (κ3) is 2.77. The molecule has 5 heteroatoms. The maximum absolute atomic E-state index is 5.74. The molecule has 2 heterocycles. The van der Waals surface area contributed by atoms with Gasteiger partial charge in [0.05, 0.1) is 5.39 Å². The summed E-state index contributed by atoms with van der Waals surface area (Å²) in [6, 6.07) is 0.620. The van der Waals surface area contributed by atoms with Crippen LogP contribution in [0.3, 0.4) is 0 Å². The van der Waals surface area contributed by atoms with Gasteiger partial charge in [-0.1, -0.05) is 12.8 Å². The van der Waals surface area contributed by atoms with Crippen LogP contribution in [0.1, 0.15) is 42.5 Å². The zero-order chi connectivity index (χ0) is 14.8. The summed E-state index contributed by atoms with van der Waals surface area (Å²) < 4.78 is 0. The smallest absolute Gasteiger partial charge is 0.141 e. The molecule has 2 aromatic heterocycles. The zero-order valence-electron chi connectivity index (χ0n) is 12.9. The van der Waals surface area contributed by atoms with Crippen molar-refractivity contribution in [2.45, 2.75) is 52.0 Å². The molecule has 3 rings (SSSR count). The molecule has 1 aliphatic rings. The Kier molecular flexibility index (Phi) is 4.40. The Labute approximate surface area is 130 Å². The second kappa shape index (κ2) is 6.28. The van der Waals surface area contributed by atoms with Crippen molar-refractivity contribution in [2.75, 3.05) is 18.0 Å². The monoisotopic (exact) mass is 304 g/mol. The molecule has 0 spiro atoms. The molecule has 0 atom stereocenters. The lowest BCUT2D eigenvalue weighted by Crippen LogP contribution is -2.36. The second-order valence-electron chi connectivity index (χ2n) is 5.93. The fraction of sp³-hybridized carbons (Fsp3) is 0.625. The maximum Gasteiger partial charge on any atom is 0.141 e. The molecule has 0 saturated heterocycles. The standard InChI is InChI=1S/C16H24N4S/c1-11-12(2)21-16-14(11)15(18-10-19-16)20(9-5-8-17)13-6-3-4-7-13/h10,13H,3-9,17H2,1-2H3. The molecule has 21 heavy (non-hydrogen) atoms. The molecule has 1 saturated carbocycles. The van der Waals surface area contributed by atoms with E-state index in [1.807, 2.05) is 0 Å². The van der Waals surface area contributed by atoms with Crippen LogP contribution in [0.15, 0.2) is 6.33 Å². The number of nitrogens with two attached hydrogens (primary N) is 1.